The van der Waals surface area contributed by atoms with Gasteiger partial charge in [0.25, 0.3) is 0 Å². The van der Waals surface area contributed by atoms with E-state index < -0.39 is 0 Å². The van der Waals surface area contributed by atoms with Gasteiger partial charge in [-0.2, -0.15) is 0 Å². The molecule has 1 aromatic carbocycles. The largest absolute Gasteiger partial charge is 0.497 e. The molecule has 1 aromatic heterocycles. The highest BCUT2D eigenvalue weighted by Crippen LogP contribution is 2.26. The molecule has 5 heteroatoms. The fourth-order valence-electron chi connectivity index (χ4n) is 3.69. The van der Waals surface area contributed by atoms with Crippen LogP contribution < -0.4 is 10.1 Å². The van der Waals surface area contributed by atoms with Crippen molar-refractivity contribution in [3.05, 3.63) is 52.2 Å². The predicted molar refractivity (Wildman–Crippen MR) is 112 cm³/mol. The summed E-state index contributed by atoms with van der Waals surface area (Å²) in [6.45, 7) is 7.36. The minimum Gasteiger partial charge on any atom is -0.497 e. The number of methoxy groups -OCH3 is 1. The molecule has 3 rings (SSSR count). The number of nitrogens with one attached hydrogen (secondary N) is 1. The van der Waals surface area contributed by atoms with Crippen LogP contribution in [0.3, 0.4) is 0 Å². The smallest absolute Gasteiger partial charge is 0.227 e. The standard InChI is InChI=1S/C22H30N2O2S/c1-22(2,24-12-4-5-13-24)16-23-21(25)20(15-19-7-6-14-27-19)17-8-10-18(26-3)11-9-17/h6-11,14,20H,4-5,12-13,15-16H2,1-3H3,(H,23,25). The highest BCUT2D eigenvalue weighted by Gasteiger charge is 2.30. The van der Waals surface area contributed by atoms with Gasteiger partial charge in [-0.05, 0) is 75.3 Å². The van der Waals surface area contributed by atoms with Gasteiger partial charge < -0.3 is 10.1 Å². The summed E-state index contributed by atoms with van der Waals surface area (Å²) in [6.07, 6.45) is 3.23. The number of thiophene rings is 1. The first-order valence-corrected chi connectivity index (χ1v) is 10.6. The molecule has 27 heavy (non-hydrogen) atoms. The second-order valence-corrected chi connectivity index (χ2v) is 8.87. The zero-order valence-corrected chi connectivity index (χ0v) is 17.3. The Morgan fingerprint density at radius 3 is 2.52 bits per heavy atom. The SMILES string of the molecule is COc1ccc(C(Cc2cccs2)C(=O)NCC(C)(C)N2CCCC2)cc1. The molecule has 0 aliphatic carbocycles. The number of amides is 1. The monoisotopic (exact) mass is 386 g/mol. The molecule has 2 heterocycles. The summed E-state index contributed by atoms with van der Waals surface area (Å²) in [4.78, 5) is 16.8. The summed E-state index contributed by atoms with van der Waals surface area (Å²) in [5.74, 6) is 0.717. The number of hydrogen-bond acceptors (Lipinski definition) is 4. The van der Waals surface area contributed by atoms with Crippen molar-refractivity contribution < 1.29 is 9.53 Å². The first kappa shape index (κ1) is 19.9. The van der Waals surface area contributed by atoms with E-state index >= 15 is 0 Å². The maximum Gasteiger partial charge on any atom is 0.227 e. The van der Waals surface area contributed by atoms with Crippen LogP contribution >= 0.6 is 11.3 Å². The average molecular weight is 387 g/mol. The third kappa shape index (κ3) is 5.11. The van der Waals surface area contributed by atoms with Crippen molar-refractivity contribution in [1.29, 1.82) is 0 Å². The van der Waals surface area contributed by atoms with Gasteiger partial charge in [0.05, 0.1) is 13.0 Å². The van der Waals surface area contributed by atoms with Crippen molar-refractivity contribution in [1.82, 2.24) is 10.2 Å². The number of likely N-dealkylation sites (tertiary alicyclic amines) is 1. The maximum absolute atomic E-state index is 13.1. The van der Waals surface area contributed by atoms with Gasteiger partial charge in [-0.15, -0.1) is 11.3 Å². The molecular weight excluding hydrogens is 356 g/mol. The van der Waals surface area contributed by atoms with Gasteiger partial charge in [-0.3, -0.25) is 9.69 Å². The zero-order valence-electron chi connectivity index (χ0n) is 16.5. The van der Waals surface area contributed by atoms with Crippen LogP contribution in [-0.4, -0.2) is 43.1 Å². The fraction of sp³-hybridized carbons (Fsp3) is 0.500. The summed E-state index contributed by atoms with van der Waals surface area (Å²) >= 11 is 1.70. The Morgan fingerprint density at radius 1 is 1.22 bits per heavy atom. The summed E-state index contributed by atoms with van der Waals surface area (Å²) < 4.78 is 5.26. The first-order valence-electron chi connectivity index (χ1n) is 9.69. The van der Waals surface area contributed by atoms with Gasteiger partial charge in [-0.25, -0.2) is 0 Å². The highest BCUT2D eigenvalue weighted by molar-refractivity contribution is 7.09. The van der Waals surface area contributed by atoms with Gasteiger partial charge in [0, 0.05) is 17.0 Å². The Labute approximate surface area is 166 Å². The Morgan fingerprint density at radius 2 is 1.93 bits per heavy atom. The number of carbonyl (C=O) groups excluding carboxylic acids is 1. The lowest BCUT2D eigenvalue weighted by atomic mass is 9.93. The van der Waals surface area contributed by atoms with Crippen molar-refractivity contribution in [2.24, 2.45) is 0 Å². The molecule has 0 spiro atoms. The van der Waals surface area contributed by atoms with Crippen molar-refractivity contribution in [3.63, 3.8) is 0 Å². The van der Waals surface area contributed by atoms with Crippen LogP contribution in [0.4, 0.5) is 0 Å². The number of benzene rings is 1. The van der Waals surface area contributed by atoms with E-state index in [-0.39, 0.29) is 17.4 Å². The molecule has 1 saturated heterocycles. The molecule has 146 valence electrons. The molecule has 1 N–H and O–H groups in total. The normalized spacial score (nSPS) is 16.3. The molecule has 0 radical (unpaired) electrons. The lowest BCUT2D eigenvalue weighted by molar-refractivity contribution is -0.123. The number of nitrogens with zero attached hydrogens (tertiary/aromatic N) is 1. The topological polar surface area (TPSA) is 41.6 Å². The van der Waals surface area contributed by atoms with E-state index in [1.807, 2.05) is 30.3 Å². The minimum absolute atomic E-state index is 0.0143. The molecule has 2 aromatic rings. The van der Waals surface area contributed by atoms with Crippen molar-refractivity contribution in [3.8, 4) is 5.75 Å². The number of carbonyl (C=O) groups is 1. The van der Waals surface area contributed by atoms with Gasteiger partial charge in [-0.1, -0.05) is 18.2 Å². The van der Waals surface area contributed by atoms with E-state index in [9.17, 15) is 4.79 Å². The molecule has 1 unspecified atom stereocenters. The molecule has 4 nitrogen and oxygen atoms in total. The van der Waals surface area contributed by atoms with Gasteiger partial charge in [0.15, 0.2) is 0 Å². The van der Waals surface area contributed by atoms with Crippen LogP contribution in [0.25, 0.3) is 0 Å². The van der Waals surface area contributed by atoms with E-state index in [0.717, 1.165) is 30.8 Å². The van der Waals surface area contributed by atoms with Gasteiger partial charge in [0.1, 0.15) is 5.75 Å². The van der Waals surface area contributed by atoms with E-state index in [4.69, 9.17) is 4.74 Å². The number of hydrogen-bond donors (Lipinski definition) is 1. The lowest BCUT2D eigenvalue weighted by Crippen LogP contribution is -2.51. The summed E-state index contributed by atoms with van der Waals surface area (Å²) in [6, 6.07) is 12.0. The van der Waals surface area contributed by atoms with Crippen LogP contribution in [0, 0.1) is 0 Å². The maximum atomic E-state index is 13.1. The minimum atomic E-state index is -0.191. The highest BCUT2D eigenvalue weighted by atomic mass is 32.1. The van der Waals surface area contributed by atoms with E-state index in [1.54, 1.807) is 18.4 Å². The molecule has 1 aliphatic rings. The Hall–Kier alpha value is -1.85. The quantitative estimate of drug-likeness (QED) is 0.743. The molecule has 1 amide bonds. The Kier molecular flexibility index (Phi) is 6.55. The average Bonchev–Trinajstić information content (AvgIpc) is 3.38. The van der Waals surface area contributed by atoms with Crippen LogP contribution in [0.1, 0.15) is 43.0 Å². The number of ether oxygens (including phenoxy) is 1. The van der Waals surface area contributed by atoms with Crippen molar-refractivity contribution >= 4 is 17.2 Å². The third-order valence-corrected chi connectivity index (χ3v) is 6.38. The number of rotatable bonds is 8. The second kappa shape index (κ2) is 8.89. The van der Waals surface area contributed by atoms with E-state index in [0.29, 0.717) is 6.54 Å². The summed E-state index contributed by atoms with van der Waals surface area (Å²) in [7, 11) is 1.66. The van der Waals surface area contributed by atoms with E-state index in [2.05, 4.69) is 35.5 Å². The first-order chi connectivity index (χ1) is 13.0. The Bertz CT molecular complexity index is 719. The summed E-state index contributed by atoms with van der Waals surface area (Å²) in [5, 5.41) is 5.30. The predicted octanol–water partition coefficient (Wildman–Crippen LogP) is 4.07. The molecule has 1 aliphatic heterocycles. The van der Waals surface area contributed by atoms with Gasteiger partial charge >= 0.3 is 0 Å². The molecule has 0 bridgehead atoms. The van der Waals surface area contributed by atoms with Crippen LogP contribution in [0.5, 0.6) is 5.75 Å². The third-order valence-electron chi connectivity index (χ3n) is 5.48. The van der Waals surface area contributed by atoms with Crippen molar-refractivity contribution in [2.45, 2.75) is 44.6 Å². The zero-order chi connectivity index (χ0) is 19.3. The van der Waals surface area contributed by atoms with Gasteiger partial charge in [0.2, 0.25) is 5.91 Å². The lowest BCUT2D eigenvalue weighted by Gasteiger charge is -2.36. The molecule has 1 fully saturated rings. The van der Waals surface area contributed by atoms with Crippen LogP contribution in [0.15, 0.2) is 41.8 Å². The van der Waals surface area contributed by atoms with Crippen LogP contribution in [-0.2, 0) is 11.2 Å². The molecule has 1 atom stereocenters. The summed E-state index contributed by atoms with van der Waals surface area (Å²) in [5.41, 5.74) is 1.01. The van der Waals surface area contributed by atoms with E-state index in [1.165, 1.54) is 17.7 Å². The fourth-order valence-corrected chi connectivity index (χ4v) is 4.44. The van der Waals surface area contributed by atoms with Crippen LogP contribution in [0.2, 0.25) is 0 Å². The Balaban J connectivity index is 1.71. The van der Waals surface area contributed by atoms with Crippen molar-refractivity contribution in [2.75, 3.05) is 26.7 Å². The molecule has 0 saturated carbocycles. The molecular formula is C22H30N2O2S. The second-order valence-electron chi connectivity index (χ2n) is 7.83.